The van der Waals surface area contributed by atoms with E-state index in [0.29, 0.717) is 32.1 Å². The van der Waals surface area contributed by atoms with Crippen molar-refractivity contribution in [3.8, 4) is 0 Å². The predicted molar refractivity (Wildman–Crippen MR) is 93.9 cm³/mol. The average molecular weight is 346 g/mol. The van der Waals surface area contributed by atoms with Crippen molar-refractivity contribution in [1.29, 1.82) is 0 Å². The van der Waals surface area contributed by atoms with Gasteiger partial charge in [0.05, 0.1) is 5.41 Å². The number of hydrogen-bond acceptors (Lipinski definition) is 3. The number of piperidine rings is 1. The lowest BCUT2D eigenvalue weighted by atomic mass is 9.72. The first-order valence-electron chi connectivity index (χ1n) is 9.56. The van der Waals surface area contributed by atoms with Crippen LogP contribution in [-0.4, -0.2) is 61.1 Å². The summed E-state index contributed by atoms with van der Waals surface area (Å²) < 4.78 is 19.4. The maximum absolute atomic E-state index is 13.9. The summed E-state index contributed by atoms with van der Waals surface area (Å²) in [5.74, 6) is -0.0973. The molecule has 4 nitrogen and oxygen atoms in total. The Balaban J connectivity index is 1.60. The number of hydrogen-bond donors (Lipinski definition) is 0. The van der Waals surface area contributed by atoms with Crippen molar-refractivity contribution < 1.29 is 13.9 Å². The molecule has 0 saturated carbocycles. The van der Waals surface area contributed by atoms with E-state index in [1.54, 1.807) is 12.1 Å². The van der Waals surface area contributed by atoms with Gasteiger partial charge in [-0.15, -0.1) is 0 Å². The molecule has 3 heterocycles. The first-order chi connectivity index (χ1) is 12.2. The number of amides is 1. The second-order valence-electron chi connectivity index (χ2n) is 7.64. The van der Waals surface area contributed by atoms with Crippen LogP contribution in [0, 0.1) is 5.82 Å². The Bertz CT molecular complexity index is 630. The highest BCUT2D eigenvalue weighted by atomic mass is 19.1. The van der Waals surface area contributed by atoms with Gasteiger partial charge in [-0.3, -0.25) is 9.69 Å². The maximum atomic E-state index is 13.9. The molecule has 0 N–H and O–H groups in total. The van der Waals surface area contributed by atoms with Crippen molar-refractivity contribution in [2.24, 2.45) is 0 Å². The number of nitrogens with zero attached hydrogens (tertiary/aromatic N) is 2. The van der Waals surface area contributed by atoms with Crippen molar-refractivity contribution in [3.63, 3.8) is 0 Å². The predicted octanol–water partition coefficient (Wildman–Crippen LogP) is 2.57. The van der Waals surface area contributed by atoms with Gasteiger partial charge in [-0.2, -0.15) is 0 Å². The largest absolute Gasteiger partial charge is 0.381 e. The van der Waals surface area contributed by atoms with Gasteiger partial charge >= 0.3 is 0 Å². The molecule has 0 radical (unpaired) electrons. The number of fused-ring (bicyclic) bond motifs is 1. The van der Waals surface area contributed by atoms with Crippen LogP contribution in [0.2, 0.25) is 0 Å². The fourth-order valence-corrected chi connectivity index (χ4v) is 4.78. The Kier molecular flexibility index (Phi) is 4.78. The van der Waals surface area contributed by atoms with Crippen LogP contribution in [-0.2, 0) is 14.9 Å². The van der Waals surface area contributed by atoms with E-state index in [0.717, 1.165) is 31.7 Å². The lowest BCUT2D eigenvalue weighted by molar-refractivity contribution is -0.145. The van der Waals surface area contributed by atoms with E-state index in [1.807, 2.05) is 11.0 Å². The molecule has 0 aliphatic carbocycles. The monoisotopic (exact) mass is 346 g/mol. The molecule has 136 valence electrons. The number of halogens is 1. The molecule has 3 aliphatic heterocycles. The number of ether oxygens (including phenoxy) is 1. The molecule has 5 heteroatoms. The molecule has 0 aromatic heterocycles. The topological polar surface area (TPSA) is 32.8 Å². The van der Waals surface area contributed by atoms with E-state index < -0.39 is 5.41 Å². The van der Waals surface area contributed by atoms with Crippen molar-refractivity contribution in [1.82, 2.24) is 9.80 Å². The van der Waals surface area contributed by atoms with Crippen LogP contribution in [0.25, 0.3) is 0 Å². The van der Waals surface area contributed by atoms with Gasteiger partial charge in [0.25, 0.3) is 0 Å². The standard InChI is InChI=1S/C20H27FN2O2/c21-17-5-3-4-16(14-17)20(7-12-25-13-8-20)19(24)23-11-10-22-9-2-1-6-18(22)15-23/h3-5,14,18H,1-2,6-13,15H2/t18-/m0/s1. The Hall–Kier alpha value is -1.46. The molecular formula is C20H27FN2O2. The van der Waals surface area contributed by atoms with E-state index >= 15 is 0 Å². The summed E-state index contributed by atoms with van der Waals surface area (Å²) in [7, 11) is 0. The van der Waals surface area contributed by atoms with Crippen LogP contribution in [0.1, 0.15) is 37.7 Å². The molecule has 1 amide bonds. The van der Waals surface area contributed by atoms with Gasteiger partial charge < -0.3 is 9.64 Å². The van der Waals surface area contributed by atoms with Gasteiger partial charge in [-0.1, -0.05) is 18.6 Å². The third-order valence-corrected chi connectivity index (χ3v) is 6.26. The molecule has 25 heavy (non-hydrogen) atoms. The first kappa shape index (κ1) is 17.0. The van der Waals surface area contributed by atoms with Crippen LogP contribution >= 0.6 is 0 Å². The number of rotatable bonds is 2. The Morgan fingerprint density at radius 2 is 2.00 bits per heavy atom. The lowest BCUT2D eigenvalue weighted by Crippen LogP contribution is -2.60. The zero-order valence-electron chi connectivity index (χ0n) is 14.8. The maximum Gasteiger partial charge on any atom is 0.233 e. The summed E-state index contributed by atoms with van der Waals surface area (Å²) in [6, 6.07) is 7.11. The molecule has 3 fully saturated rings. The molecule has 4 rings (SSSR count). The van der Waals surface area contributed by atoms with Gasteiger partial charge in [-0.25, -0.2) is 4.39 Å². The molecule has 1 aromatic carbocycles. The summed E-state index contributed by atoms with van der Waals surface area (Å²) >= 11 is 0. The second-order valence-corrected chi connectivity index (χ2v) is 7.64. The van der Waals surface area contributed by atoms with Crippen molar-refractivity contribution in [2.75, 3.05) is 39.4 Å². The average Bonchev–Trinajstić information content (AvgIpc) is 2.67. The van der Waals surface area contributed by atoms with Gasteiger partial charge in [0.2, 0.25) is 5.91 Å². The second kappa shape index (κ2) is 7.04. The van der Waals surface area contributed by atoms with Gasteiger partial charge in [-0.05, 0) is 49.9 Å². The zero-order valence-corrected chi connectivity index (χ0v) is 14.8. The molecule has 0 bridgehead atoms. The minimum absolute atomic E-state index is 0.173. The first-order valence-corrected chi connectivity index (χ1v) is 9.56. The van der Waals surface area contributed by atoms with E-state index in [-0.39, 0.29) is 11.7 Å². The van der Waals surface area contributed by atoms with Crippen LogP contribution < -0.4 is 0 Å². The highest BCUT2D eigenvalue weighted by molar-refractivity contribution is 5.88. The molecule has 3 saturated heterocycles. The minimum atomic E-state index is -0.628. The molecule has 0 unspecified atom stereocenters. The van der Waals surface area contributed by atoms with Crippen LogP contribution in [0.3, 0.4) is 0 Å². The fourth-order valence-electron chi connectivity index (χ4n) is 4.78. The highest BCUT2D eigenvalue weighted by Crippen LogP contribution is 2.38. The van der Waals surface area contributed by atoms with Gasteiger partial charge in [0.1, 0.15) is 5.82 Å². The SMILES string of the molecule is O=C(N1CCN2CCCC[C@H]2C1)C1(c2cccc(F)c2)CCOCC1. The molecule has 1 atom stereocenters. The minimum Gasteiger partial charge on any atom is -0.381 e. The smallest absolute Gasteiger partial charge is 0.233 e. The molecule has 0 spiro atoms. The van der Waals surface area contributed by atoms with E-state index in [2.05, 4.69) is 4.90 Å². The van der Waals surface area contributed by atoms with Crippen molar-refractivity contribution in [3.05, 3.63) is 35.6 Å². The van der Waals surface area contributed by atoms with Crippen molar-refractivity contribution >= 4 is 5.91 Å². The van der Waals surface area contributed by atoms with Crippen molar-refractivity contribution in [2.45, 2.75) is 43.6 Å². The Morgan fingerprint density at radius 3 is 2.80 bits per heavy atom. The third kappa shape index (κ3) is 3.20. The molecule has 1 aromatic rings. The normalized spacial score (nSPS) is 26.9. The van der Waals surface area contributed by atoms with Crippen LogP contribution in [0.15, 0.2) is 24.3 Å². The summed E-state index contributed by atoms with van der Waals surface area (Å²) in [5.41, 5.74) is 0.184. The summed E-state index contributed by atoms with van der Waals surface area (Å²) in [5, 5.41) is 0. The van der Waals surface area contributed by atoms with Crippen LogP contribution in [0.4, 0.5) is 4.39 Å². The van der Waals surface area contributed by atoms with Crippen LogP contribution in [0.5, 0.6) is 0 Å². The lowest BCUT2D eigenvalue weighted by Gasteiger charge is -2.47. The molecule has 3 aliphatic rings. The Morgan fingerprint density at radius 1 is 1.16 bits per heavy atom. The van der Waals surface area contributed by atoms with E-state index in [9.17, 15) is 9.18 Å². The number of carbonyl (C=O) groups is 1. The van der Waals surface area contributed by atoms with Gasteiger partial charge in [0.15, 0.2) is 0 Å². The summed E-state index contributed by atoms with van der Waals surface area (Å²) in [4.78, 5) is 18.2. The number of piperazine rings is 1. The zero-order chi connectivity index (χ0) is 17.3. The van der Waals surface area contributed by atoms with Gasteiger partial charge in [0, 0.05) is 38.9 Å². The van der Waals surface area contributed by atoms with E-state index in [1.165, 1.54) is 25.3 Å². The third-order valence-electron chi connectivity index (χ3n) is 6.26. The highest BCUT2D eigenvalue weighted by Gasteiger charge is 2.45. The summed E-state index contributed by atoms with van der Waals surface area (Å²) in [6.45, 7) is 4.85. The number of benzene rings is 1. The molecular weight excluding hydrogens is 319 g/mol. The van der Waals surface area contributed by atoms with E-state index in [4.69, 9.17) is 4.74 Å². The number of carbonyl (C=O) groups excluding carboxylic acids is 1. The fraction of sp³-hybridized carbons (Fsp3) is 0.650. The summed E-state index contributed by atoms with van der Waals surface area (Å²) in [6.07, 6.45) is 4.99. The Labute approximate surface area is 148 Å². The quantitative estimate of drug-likeness (QED) is 0.825.